The van der Waals surface area contributed by atoms with Crippen molar-refractivity contribution in [3.05, 3.63) is 31.7 Å². The number of hydrogen-bond donors (Lipinski definition) is 0. The fourth-order valence-corrected chi connectivity index (χ4v) is 7.09. The minimum atomic E-state index is 0.927. The van der Waals surface area contributed by atoms with Gasteiger partial charge in [-0.3, -0.25) is 0 Å². The minimum Gasteiger partial charge on any atom is -0.238 e. The molecule has 2 aromatic heterocycles. The third-order valence-corrected chi connectivity index (χ3v) is 10.4. The highest BCUT2D eigenvalue weighted by Gasteiger charge is 2.20. The Morgan fingerprint density at radius 1 is 0.476 bits per heavy atom. The molecule has 2 heterocycles. The fourth-order valence-electron chi connectivity index (χ4n) is 5.61. The van der Waals surface area contributed by atoms with E-state index < -0.39 is 0 Å². The average Bonchev–Trinajstić information content (AvgIpc) is 3.56. The minimum absolute atomic E-state index is 0.927. The van der Waals surface area contributed by atoms with E-state index in [9.17, 15) is 0 Å². The third-order valence-electron chi connectivity index (χ3n) is 8.23. The molecule has 1 aromatic carbocycles. The van der Waals surface area contributed by atoms with Gasteiger partial charge >= 0.3 is 0 Å². The quantitative estimate of drug-likeness (QED) is 0.0669. The molecule has 0 bridgehead atoms. The Kier molecular flexibility index (Phi) is 18.2. The molecule has 0 aliphatic carbocycles. The molecule has 0 spiro atoms. The molecule has 0 radical (unpaired) electrons. The first-order valence-corrected chi connectivity index (χ1v) is 19.1. The zero-order valence-corrected chi connectivity index (χ0v) is 30.6. The van der Waals surface area contributed by atoms with Crippen LogP contribution in [0.25, 0.3) is 22.5 Å². The van der Waals surface area contributed by atoms with Crippen LogP contribution in [0, 0.1) is 7.40 Å². The van der Waals surface area contributed by atoms with Crippen molar-refractivity contribution >= 4 is 45.2 Å². The van der Waals surface area contributed by atoms with Gasteiger partial charge in [0.05, 0.1) is 0 Å². The van der Waals surface area contributed by atoms with Crippen LogP contribution in [0.15, 0.2) is 24.3 Å². The maximum Gasteiger partial charge on any atom is 0.127 e. The summed E-state index contributed by atoms with van der Waals surface area (Å²) in [6.45, 7) is 6.42. The summed E-state index contributed by atoms with van der Waals surface area (Å²) in [5.41, 5.74) is 4.05. The van der Waals surface area contributed by atoms with Gasteiger partial charge in [0.2, 0.25) is 0 Å². The largest absolute Gasteiger partial charge is 0.238 e. The van der Waals surface area contributed by atoms with Crippen LogP contribution in [0.2, 0.25) is 0 Å². The monoisotopic (exact) mass is 800 g/mol. The zero-order chi connectivity index (χ0) is 29.8. The van der Waals surface area contributed by atoms with E-state index in [2.05, 4.69) is 113 Å². The summed E-state index contributed by atoms with van der Waals surface area (Å²) in [6, 6.07) is 8.45. The molecule has 0 fully saturated rings. The first kappa shape index (κ1) is 35.4. The maximum atomic E-state index is 4.63. The smallest absolute Gasteiger partial charge is 0.127 e. The molecule has 0 aliphatic rings. The molecule has 3 rings (SSSR count). The number of benzene rings is 1. The first-order chi connectivity index (χ1) is 20.7. The van der Waals surface area contributed by atoms with Crippen molar-refractivity contribution in [2.75, 3.05) is 0 Å². The number of unbranched alkanes of at least 4 members (excludes halogenated alkanes) is 18. The lowest BCUT2D eigenvalue weighted by molar-refractivity contribution is 0.502. The summed E-state index contributed by atoms with van der Waals surface area (Å²) in [5, 5.41) is 18.3. The number of nitrogens with zero attached hydrogens (tertiary/aromatic N) is 6. The van der Waals surface area contributed by atoms with Gasteiger partial charge in [0.15, 0.2) is 0 Å². The van der Waals surface area contributed by atoms with Crippen molar-refractivity contribution < 1.29 is 0 Å². The van der Waals surface area contributed by atoms with Crippen LogP contribution in [0.3, 0.4) is 0 Å². The lowest BCUT2D eigenvalue weighted by Gasteiger charge is -2.07. The summed E-state index contributed by atoms with van der Waals surface area (Å²) in [7, 11) is 0. The molecule has 0 saturated carbocycles. The second kappa shape index (κ2) is 21.6. The first-order valence-electron chi connectivity index (χ1n) is 16.9. The van der Waals surface area contributed by atoms with Crippen molar-refractivity contribution in [1.29, 1.82) is 0 Å². The van der Waals surface area contributed by atoms with Gasteiger partial charge in [0.1, 0.15) is 18.8 Å². The molecule has 0 aliphatic heterocycles. The van der Waals surface area contributed by atoms with Gasteiger partial charge in [0.25, 0.3) is 0 Å². The van der Waals surface area contributed by atoms with Crippen molar-refractivity contribution in [2.24, 2.45) is 0 Å². The molecular formula is C34H54I2N6. The highest BCUT2D eigenvalue weighted by molar-refractivity contribution is 14.1. The maximum absolute atomic E-state index is 4.63. The molecule has 0 atom stereocenters. The molecule has 234 valence electrons. The van der Waals surface area contributed by atoms with E-state index in [0.29, 0.717) is 0 Å². The molecular weight excluding hydrogens is 746 g/mol. The highest BCUT2D eigenvalue weighted by Crippen LogP contribution is 2.34. The molecule has 0 amide bonds. The summed E-state index contributed by atoms with van der Waals surface area (Å²) in [4.78, 5) is 0. The lowest BCUT2D eigenvalue weighted by Crippen LogP contribution is -2.03. The molecule has 42 heavy (non-hydrogen) atoms. The van der Waals surface area contributed by atoms with E-state index in [-0.39, 0.29) is 0 Å². The Bertz CT molecular complexity index is 1040. The van der Waals surface area contributed by atoms with Gasteiger partial charge in [-0.05, 0) is 58.0 Å². The van der Waals surface area contributed by atoms with E-state index in [4.69, 9.17) is 0 Å². The molecule has 0 N–H and O–H groups in total. The van der Waals surface area contributed by atoms with Crippen LogP contribution < -0.4 is 0 Å². The predicted octanol–water partition coefficient (Wildman–Crippen LogP) is 11.3. The van der Waals surface area contributed by atoms with Crippen LogP contribution in [-0.2, 0) is 13.1 Å². The van der Waals surface area contributed by atoms with E-state index >= 15 is 0 Å². The molecule has 0 saturated heterocycles. The number of hydrogen-bond acceptors (Lipinski definition) is 4. The Morgan fingerprint density at radius 3 is 1.12 bits per heavy atom. The van der Waals surface area contributed by atoms with E-state index in [1.54, 1.807) is 0 Å². The van der Waals surface area contributed by atoms with Crippen LogP contribution >= 0.6 is 45.2 Å². The Hall–Kier alpha value is -1.04. The lowest BCUT2D eigenvalue weighted by atomic mass is 10.0. The van der Waals surface area contributed by atoms with E-state index in [1.807, 2.05) is 0 Å². The normalized spacial score (nSPS) is 11.5. The highest BCUT2D eigenvalue weighted by atomic mass is 127. The zero-order valence-electron chi connectivity index (χ0n) is 26.3. The summed E-state index contributed by atoms with van der Waals surface area (Å²) in [6.07, 6.45) is 26.8. The number of rotatable bonds is 24. The fraction of sp³-hybridized carbons (Fsp3) is 0.706. The van der Waals surface area contributed by atoms with Crippen LogP contribution in [0.4, 0.5) is 0 Å². The molecule has 6 nitrogen and oxygen atoms in total. The third kappa shape index (κ3) is 12.2. The second-order valence-corrected chi connectivity index (χ2v) is 13.9. The van der Waals surface area contributed by atoms with Crippen molar-refractivity contribution in [1.82, 2.24) is 30.0 Å². The topological polar surface area (TPSA) is 61.4 Å². The standard InChI is InChI=1S/C34H54I2N6/c1-3-5-7-9-11-13-15-17-19-23-27-41-33(35)31(37-39-41)29-25-21-22-26-30(29)32-34(36)42(40-38-32)28-24-20-18-16-14-12-10-8-6-4-2/h21-22,25-26H,3-20,23-24,27-28H2,1-2H3. The van der Waals surface area contributed by atoms with Crippen LogP contribution in [-0.4, -0.2) is 30.0 Å². The van der Waals surface area contributed by atoms with Gasteiger partial charge in [-0.25, -0.2) is 9.36 Å². The Morgan fingerprint density at radius 2 is 0.786 bits per heavy atom. The van der Waals surface area contributed by atoms with E-state index in [1.165, 1.54) is 116 Å². The van der Waals surface area contributed by atoms with Gasteiger partial charge in [-0.1, -0.05) is 164 Å². The number of halogens is 2. The van der Waals surface area contributed by atoms with E-state index in [0.717, 1.165) is 55.8 Å². The van der Waals surface area contributed by atoms with Crippen molar-refractivity contribution in [2.45, 2.75) is 155 Å². The van der Waals surface area contributed by atoms with Crippen LogP contribution in [0.1, 0.15) is 142 Å². The van der Waals surface area contributed by atoms with Crippen molar-refractivity contribution in [3.63, 3.8) is 0 Å². The Labute approximate surface area is 282 Å². The molecule has 8 heteroatoms. The molecule has 3 aromatic rings. The number of aryl methyl sites for hydroxylation is 2. The van der Waals surface area contributed by atoms with Gasteiger partial charge in [-0.15, -0.1) is 10.2 Å². The second-order valence-electron chi connectivity index (χ2n) is 11.8. The van der Waals surface area contributed by atoms with Gasteiger partial charge in [-0.2, -0.15) is 0 Å². The van der Waals surface area contributed by atoms with Gasteiger partial charge < -0.3 is 0 Å². The Balaban J connectivity index is 1.46. The molecule has 0 unspecified atom stereocenters. The number of aromatic nitrogens is 6. The summed E-state index contributed by atoms with van der Waals surface area (Å²) in [5.74, 6) is 0. The van der Waals surface area contributed by atoms with Gasteiger partial charge in [0, 0.05) is 24.2 Å². The predicted molar refractivity (Wildman–Crippen MR) is 194 cm³/mol. The SMILES string of the molecule is CCCCCCCCCCCCn1nnc(-c2ccccc2-c2nnn(CCCCCCCCCCCC)c2I)c1I. The van der Waals surface area contributed by atoms with Crippen molar-refractivity contribution in [3.8, 4) is 22.5 Å². The average molecular weight is 801 g/mol. The van der Waals surface area contributed by atoms with Crippen LogP contribution in [0.5, 0.6) is 0 Å². The summed E-state index contributed by atoms with van der Waals surface area (Å²) >= 11 is 4.83. The summed E-state index contributed by atoms with van der Waals surface area (Å²) < 4.78 is 6.35.